The van der Waals surface area contributed by atoms with Crippen LogP contribution in [0.3, 0.4) is 0 Å². The Morgan fingerprint density at radius 2 is 1.96 bits per heavy atom. The smallest absolute Gasteiger partial charge is 0.265 e. The Kier molecular flexibility index (Phi) is 5.21. The number of para-hydroxylation sites is 2. The summed E-state index contributed by atoms with van der Waals surface area (Å²) >= 11 is 0. The van der Waals surface area contributed by atoms with Gasteiger partial charge in [0, 0.05) is 6.61 Å². The quantitative estimate of drug-likeness (QED) is 0.810. The van der Waals surface area contributed by atoms with Crippen molar-refractivity contribution in [1.29, 1.82) is 0 Å². The van der Waals surface area contributed by atoms with Crippen LogP contribution in [0.5, 0.6) is 5.75 Å². The van der Waals surface area contributed by atoms with Crippen molar-refractivity contribution < 1.29 is 14.0 Å². The van der Waals surface area contributed by atoms with Crippen LogP contribution >= 0.6 is 0 Å². The van der Waals surface area contributed by atoms with Crippen molar-refractivity contribution in [2.24, 2.45) is 5.92 Å². The van der Waals surface area contributed by atoms with E-state index in [4.69, 9.17) is 9.16 Å². The molecule has 0 aliphatic carbocycles. The predicted octanol–water partition coefficient (Wildman–Crippen LogP) is 4.43. The molecule has 1 aliphatic rings. The number of hydrogen-bond donors (Lipinski definition) is 1. The molecule has 0 bridgehead atoms. The monoisotopic (exact) mass is 335 g/mol. The lowest BCUT2D eigenvalue weighted by Crippen LogP contribution is -2.43. The second kappa shape index (κ2) is 6.65. The molecular formula is C18H29NO3Si. The summed E-state index contributed by atoms with van der Waals surface area (Å²) in [6.45, 7) is 14.0. The van der Waals surface area contributed by atoms with Crippen LogP contribution in [0.2, 0.25) is 18.1 Å². The molecule has 0 aromatic heterocycles. The molecule has 1 N–H and O–H groups in total. The highest BCUT2D eigenvalue weighted by atomic mass is 28.4. The zero-order valence-corrected chi connectivity index (χ0v) is 16.1. The standard InChI is InChI=1S/C18H29NO3Si/c1-13(12-21-23(5,6)18(2,3)4)11-16-17(20)19-14-9-7-8-10-15(14)22-16/h7-10,13,16H,11-12H2,1-6H3,(H,19,20)/t13?,16-/m0/s1. The normalized spacial score (nSPS) is 19.6. The minimum Gasteiger partial charge on any atom is -0.478 e. The maximum absolute atomic E-state index is 12.2. The Hall–Kier alpha value is -1.33. The van der Waals surface area contributed by atoms with E-state index in [-0.39, 0.29) is 16.9 Å². The fourth-order valence-electron chi connectivity index (χ4n) is 2.25. The summed E-state index contributed by atoms with van der Waals surface area (Å²) in [4.78, 5) is 12.2. The van der Waals surface area contributed by atoms with Crippen molar-refractivity contribution in [2.45, 2.75) is 58.4 Å². The van der Waals surface area contributed by atoms with E-state index in [1.807, 2.05) is 24.3 Å². The molecule has 4 nitrogen and oxygen atoms in total. The van der Waals surface area contributed by atoms with Crippen molar-refractivity contribution in [1.82, 2.24) is 0 Å². The van der Waals surface area contributed by atoms with Crippen molar-refractivity contribution >= 4 is 19.9 Å². The summed E-state index contributed by atoms with van der Waals surface area (Å²) < 4.78 is 12.1. The average molecular weight is 336 g/mol. The third-order valence-electron chi connectivity index (χ3n) is 4.86. The lowest BCUT2D eigenvalue weighted by Gasteiger charge is -2.37. The molecule has 23 heavy (non-hydrogen) atoms. The van der Waals surface area contributed by atoms with Gasteiger partial charge in [0.1, 0.15) is 5.75 Å². The average Bonchev–Trinajstić information content (AvgIpc) is 2.45. The molecular weight excluding hydrogens is 306 g/mol. The van der Waals surface area contributed by atoms with Gasteiger partial charge in [0.05, 0.1) is 5.69 Å². The number of rotatable bonds is 5. The first kappa shape index (κ1) is 18.0. The van der Waals surface area contributed by atoms with E-state index in [0.717, 1.165) is 11.4 Å². The molecule has 2 atom stereocenters. The highest BCUT2D eigenvalue weighted by Gasteiger charge is 2.37. The van der Waals surface area contributed by atoms with Crippen molar-refractivity contribution in [2.75, 3.05) is 11.9 Å². The molecule has 0 fully saturated rings. The summed E-state index contributed by atoms with van der Waals surface area (Å²) in [5.74, 6) is 0.947. The van der Waals surface area contributed by atoms with Gasteiger partial charge in [-0.05, 0) is 42.6 Å². The molecule has 1 aliphatic heterocycles. The van der Waals surface area contributed by atoms with Crippen molar-refractivity contribution in [3.05, 3.63) is 24.3 Å². The van der Waals surface area contributed by atoms with Gasteiger partial charge in [0.25, 0.3) is 5.91 Å². The molecule has 0 spiro atoms. The number of carbonyl (C=O) groups is 1. The first-order chi connectivity index (χ1) is 10.6. The maximum Gasteiger partial charge on any atom is 0.265 e. The first-order valence-corrected chi connectivity index (χ1v) is 11.2. The zero-order chi connectivity index (χ0) is 17.3. The summed E-state index contributed by atoms with van der Waals surface area (Å²) in [6.07, 6.45) is 0.220. The van der Waals surface area contributed by atoms with Gasteiger partial charge in [0.15, 0.2) is 14.4 Å². The highest BCUT2D eigenvalue weighted by molar-refractivity contribution is 6.74. The Balaban J connectivity index is 1.91. The molecule has 1 heterocycles. The van der Waals surface area contributed by atoms with Gasteiger partial charge in [-0.15, -0.1) is 0 Å². The highest BCUT2D eigenvalue weighted by Crippen LogP contribution is 2.37. The van der Waals surface area contributed by atoms with Crippen LogP contribution in [0, 0.1) is 5.92 Å². The van der Waals surface area contributed by atoms with Crippen LogP contribution in [0.25, 0.3) is 0 Å². The molecule has 2 rings (SSSR count). The van der Waals surface area contributed by atoms with E-state index in [0.29, 0.717) is 13.0 Å². The summed E-state index contributed by atoms with van der Waals surface area (Å²) in [5, 5.41) is 3.11. The number of hydrogen-bond acceptors (Lipinski definition) is 3. The largest absolute Gasteiger partial charge is 0.478 e. The van der Waals surface area contributed by atoms with Crippen LogP contribution < -0.4 is 10.1 Å². The van der Waals surface area contributed by atoms with E-state index in [2.05, 4.69) is 46.1 Å². The van der Waals surface area contributed by atoms with Gasteiger partial charge in [0.2, 0.25) is 0 Å². The number of nitrogens with one attached hydrogen (secondary N) is 1. The van der Waals surface area contributed by atoms with Crippen molar-refractivity contribution in [3.8, 4) is 5.75 Å². The number of anilines is 1. The zero-order valence-electron chi connectivity index (χ0n) is 15.1. The molecule has 1 aromatic rings. The Bertz CT molecular complexity index is 566. The second-order valence-electron chi connectivity index (χ2n) is 8.00. The molecule has 1 unspecified atom stereocenters. The minimum absolute atomic E-state index is 0.0668. The number of amides is 1. The van der Waals surface area contributed by atoms with E-state index < -0.39 is 14.4 Å². The first-order valence-electron chi connectivity index (χ1n) is 8.30. The topological polar surface area (TPSA) is 47.6 Å². The van der Waals surface area contributed by atoms with Crippen LogP contribution in [0.15, 0.2) is 24.3 Å². The Morgan fingerprint density at radius 1 is 1.30 bits per heavy atom. The molecule has 1 aromatic carbocycles. The van der Waals surface area contributed by atoms with Crippen LogP contribution in [-0.4, -0.2) is 26.9 Å². The van der Waals surface area contributed by atoms with Gasteiger partial charge >= 0.3 is 0 Å². The lowest BCUT2D eigenvalue weighted by molar-refractivity contribution is -0.124. The number of benzene rings is 1. The Labute approximate surface area is 140 Å². The molecule has 1 amide bonds. The van der Waals surface area contributed by atoms with E-state index in [9.17, 15) is 4.79 Å². The molecule has 128 valence electrons. The number of carbonyl (C=O) groups excluding carboxylic acids is 1. The van der Waals surface area contributed by atoms with Gasteiger partial charge in [-0.2, -0.15) is 0 Å². The van der Waals surface area contributed by atoms with E-state index >= 15 is 0 Å². The third kappa shape index (κ3) is 4.35. The Morgan fingerprint density at radius 3 is 2.61 bits per heavy atom. The van der Waals surface area contributed by atoms with E-state index in [1.54, 1.807) is 0 Å². The number of fused-ring (bicyclic) bond motifs is 1. The predicted molar refractivity (Wildman–Crippen MR) is 96.4 cm³/mol. The van der Waals surface area contributed by atoms with Gasteiger partial charge in [-0.3, -0.25) is 4.79 Å². The molecule has 5 heteroatoms. The lowest BCUT2D eigenvalue weighted by atomic mass is 10.0. The van der Waals surface area contributed by atoms with Crippen LogP contribution in [0.1, 0.15) is 34.1 Å². The van der Waals surface area contributed by atoms with E-state index in [1.165, 1.54) is 0 Å². The fraction of sp³-hybridized carbons (Fsp3) is 0.611. The summed E-state index contributed by atoms with van der Waals surface area (Å²) in [6, 6.07) is 7.54. The SMILES string of the molecule is CC(CO[Si](C)(C)C(C)(C)C)C[C@@H]1Oc2ccccc2NC1=O. The molecule has 0 radical (unpaired) electrons. The maximum atomic E-state index is 12.2. The third-order valence-corrected chi connectivity index (χ3v) is 9.36. The van der Waals surface area contributed by atoms with Gasteiger partial charge < -0.3 is 14.5 Å². The molecule has 0 saturated carbocycles. The number of ether oxygens (including phenoxy) is 1. The fourth-order valence-corrected chi connectivity index (χ4v) is 3.38. The second-order valence-corrected chi connectivity index (χ2v) is 12.8. The van der Waals surface area contributed by atoms with Gasteiger partial charge in [-0.1, -0.05) is 39.8 Å². The van der Waals surface area contributed by atoms with Gasteiger partial charge in [-0.25, -0.2) is 0 Å². The minimum atomic E-state index is -1.75. The van der Waals surface area contributed by atoms with Crippen molar-refractivity contribution in [3.63, 3.8) is 0 Å². The van der Waals surface area contributed by atoms with Crippen LogP contribution in [-0.2, 0) is 9.22 Å². The summed E-state index contributed by atoms with van der Waals surface area (Å²) in [5.41, 5.74) is 0.749. The summed E-state index contributed by atoms with van der Waals surface area (Å²) in [7, 11) is -1.75. The molecule has 0 saturated heterocycles. The van der Waals surface area contributed by atoms with Crippen LogP contribution in [0.4, 0.5) is 5.69 Å².